The van der Waals surface area contributed by atoms with Gasteiger partial charge < -0.3 is 24.4 Å². The zero-order valence-corrected chi connectivity index (χ0v) is 14.0. The largest absolute Gasteiger partial charge is 0.487 e. The van der Waals surface area contributed by atoms with Crippen LogP contribution in [-0.2, 0) is 19.1 Å². The molecule has 0 aliphatic carbocycles. The number of halogens is 2. The second-order valence-electron chi connectivity index (χ2n) is 5.18. The summed E-state index contributed by atoms with van der Waals surface area (Å²) < 4.78 is 16.0. The number of carbonyl (C=O) groups is 2. The third kappa shape index (κ3) is 5.24. The highest BCUT2D eigenvalue weighted by atomic mass is 35.5. The van der Waals surface area contributed by atoms with Gasteiger partial charge in [0.2, 0.25) is 0 Å². The number of ether oxygens (including phenoxy) is 3. The van der Waals surface area contributed by atoms with Gasteiger partial charge in [-0.2, -0.15) is 0 Å². The lowest BCUT2D eigenvalue weighted by atomic mass is 9.92. The molecule has 1 saturated heterocycles. The first kappa shape index (κ1) is 18.8. The summed E-state index contributed by atoms with van der Waals surface area (Å²) >= 11 is 12.2. The Labute approximate surface area is 148 Å². The van der Waals surface area contributed by atoms with Crippen molar-refractivity contribution >= 4 is 35.1 Å². The Morgan fingerprint density at radius 3 is 2.25 bits per heavy atom. The Kier molecular flexibility index (Phi) is 6.68. The lowest BCUT2D eigenvalue weighted by molar-refractivity contribution is -0.139. The van der Waals surface area contributed by atoms with E-state index < -0.39 is 24.1 Å². The average molecular weight is 379 g/mol. The molecular weight excluding hydrogens is 363 g/mol. The number of hydrogen-bond donors (Lipinski definition) is 2. The molecular formula is C15H16Cl2O7. The van der Waals surface area contributed by atoms with Crippen molar-refractivity contribution in [3.63, 3.8) is 0 Å². The summed E-state index contributed by atoms with van der Waals surface area (Å²) in [6.45, 7) is 1.06. The van der Waals surface area contributed by atoms with Gasteiger partial charge in [0.15, 0.2) is 6.29 Å². The highest BCUT2D eigenvalue weighted by Crippen LogP contribution is 2.37. The van der Waals surface area contributed by atoms with Crippen molar-refractivity contribution in [1.82, 2.24) is 0 Å². The van der Waals surface area contributed by atoms with Crippen LogP contribution in [0.15, 0.2) is 12.1 Å². The van der Waals surface area contributed by atoms with Crippen molar-refractivity contribution in [2.24, 2.45) is 0 Å². The molecule has 1 aliphatic heterocycles. The summed E-state index contributed by atoms with van der Waals surface area (Å²) in [4.78, 5) is 22.0. The lowest BCUT2D eigenvalue weighted by Crippen LogP contribution is -2.18. The molecule has 0 aromatic heterocycles. The number of hydrogen-bond acceptors (Lipinski definition) is 5. The summed E-state index contributed by atoms with van der Waals surface area (Å²) in [5, 5.41) is 18.4. The summed E-state index contributed by atoms with van der Waals surface area (Å²) in [7, 11) is 0. The molecule has 0 radical (unpaired) electrons. The van der Waals surface area contributed by atoms with Crippen LogP contribution < -0.4 is 4.74 Å². The molecule has 0 unspecified atom stereocenters. The van der Waals surface area contributed by atoms with E-state index in [9.17, 15) is 9.59 Å². The van der Waals surface area contributed by atoms with E-state index in [0.29, 0.717) is 18.8 Å². The van der Waals surface area contributed by atoms with E-state index in [4.69, 9.17) is 47.6 Å². The zero-order valence-electron chi connectivity index (χ0n) is 12.5. The van der Waals surface area contributed by atoms with Gasteiger partial charge in [0.1, 0.15) is 12.4 Å². The molecule has 2 rings (SSSR count). The molecule has 0 amide bonds. The Balaban J connectivity index is 2.21. The van der Waals surface area contributed by atoms with Crippen molar-refractivity contribution in [3.05, 3.63) is 27.7 Å². The Hall–Kier alpha value is -1.54. The van der Waals surface area contributed by atoms with Crippen molar-refractivity contribution in [2.75, 3.05) is 19.8 Å². The van der Waals surface area contributed by atoms with Gasteiger partial charge in [-0.25, -0.2) is 0 Å². The predicted octanol–water partition coefficient (Wildman–Crippen LogP) is 2.78. The average Bonchev–Trinajstić information content (AvgIpc) is 2.98. The molecule has 1 aliphatic rings. The quantitative estimate of drug-likeness (QED) is 0.716. The van der Waals surface area contributed by atoms with E-state index in [1.165, 1.54) is 12.1 Å². The Morgan fingerprint density at radius 2 is 1.71 bits per heavy atom. The van der Waals surface area contributed by atoms with Crippen LogP contribution in [0, 0.1) is 0 Å². The number of carboxylic acid groups (broad SMARTS) is 2. The van der Waals surface area contributed by atoms with Gasteiger partial charge in [0, 0.05) is 10.9 Å². The first-order chi connectivity index (χ1) is 11.4. The van der Waals surface area contributed by atoms with Crippen molar-refractivity contribution < 1.29 is 34.0 Å². The molecule has 1 heterocycles. The zero-order chi connectivity index (χ0) is 17.7. The minimum absolute atomic E-state index is 0.101. The van der Waals surface area contributed by atoms with Crippen LogP contribution in [0.3, 0.4) is 0 Å². The van der Waals surface area contributed by atoms with Gasteiger partial charge in [0.05, 0.1) is 31.1 Å². The monoisotopic (exact) mass is 378 g/mol. The molecule has 1 fully saturated rings. The molecule has 0 bridgehead atoms. The minimum Gasteiger partial charge on any atom is -0.487 e. The van der Waals surface area contributed by atoms with Crippen LogP contribution in [0.25, 0.3) is 0 Å². The van der Waals surface area contributed by atoms with Crippen LogP contribution in [-0.4, -0.2) is 48.3 Å². The topological polar surface area (TPSA) is 102 Å². The van der Waals surface area contributed by atoms with Crippen LogP contribution in [0.4, 0.5) is 0 Å². The molecule has 9 heteroatoms. The summed E-state index contributed by atoms with van der Waals surface area (Å²) in [6, 6.07) is 2.87. The Bertz CT molecular complexity index is 598. The van der Waals surface area contributed by atoms with E-state index in [1.807, 2.05) is 0 Å². The molecule has 7 nitrogen and oxygen atoms in total. The fourth-order valence-corrected chi connectivity index (χ4v) is 2.94. The van der Waals surface area contributed by atoms with Gasteiger partial charge in [0.25, 0.3) is 0 Å². The molecule has 24 heavy (non-hydrogen) atoms. The standard InChI is InChI=1S/C15H16Cl2O7/c16-10-6-11(17)12(24-7-15-22-1-2-23-15)5-9(10)8(3-13(18)19)4-14(20)21/h5-6,8,15H,1-4,7H2,(H,18,19)(H,20,21). The Morgan fingerprint density at radius 1 is 1.12 bits per heavy atom. The summed E-state index contributed by atoms with van der Waals surface area (Å²) in [5.74, 6) is -2.79. The first-order valence-electron chi connectivity index (χ1n) is 7.15. The van der Waals surface area contributed by atoms with Crippen LogP contribution >= 0.6 is 23.2 Å². The van der Waals surface area contributed by atoms with Crippen LogP contribution in [0.2, 0.25) is 10.0 Å². The second kappa shape index (κ2) is 8.53. The minimum atomic E-state index is -1.12. The predicted molar refractivity (Wildman–Crippen MR) is 84.9 cm³/mol. The first-order valence-corrected chi connectivity index (χ1v) is 7.91. The highest BCUT2D eigenvalue weighted by molar-refractivity contribution is 6.36. The third-order valence-corrected chi connectivity index (χ3v) is 4.02. The summed E-state index contributed by atoms with van der Waals surface area (Å²) in [6.07, 6.45) is -1.25. The maximum Gasteiger partial charge on any atom is 0.303 e. The van der Waals surface area contributed by atoms with Gasteiger partial charge in [-0.3, -0.25) is 9.59 Å². The number of aliphatic carboxylic acids is 2. The molecule has 1 aromatic rings. The third-order valence-electron chi connectivity index (χ3n) is 3.40. The number of carboxylic acids is 2. The van der Waals surface area contributed by atoms with Gasteiger partial charge in [-0.05, 0) is 17.7 Å². The smallest absolute Gasteiger partial charge is 0.303 e. The second-order valence-corrected chi connectivity index (χ2v) is 5.99. The maximum atomic E-state index is 11.0. The molecule has 132 valence electrons. The van der Waals surface area contributed by atoms with E-state index in [-0.39, 0.29) is 35.2 Å². The lowest BCUT2D eigenvalue weighted by Gasteiger charge is -2.18. The number of rotatable bonds is 8. The van der Waals surface area contributed by atoms with E-state index in [0.717, 1.165) is 0 Å². The molecule has 2 N–H and O–H groups in total. The van der Waals surface area contributed by atoms with Crippen LogP contribution in [0.5, 0.6) is 5.75 Å². The summed E-state index contributed by atoms with van der Waals surface area (Å²) in [5.41, 5.74) is 0.356. The van der Waals surface area contributed by atoms with E-state index in [1.54, 1.807) is 0 Å². The molecule has 0 saturated carbocycles. The van der Waals surface area contributed by atoms with Gasteiger partial charge >= 0.3 is 11.9 Å². The van der Waals surface area contributed by atoms with Crippen molar-refractivity contribution in [2.45, 2.75) is 25.0 Å². The van der Waals surface area contributed by atoms with E-state index in [2.05, 4.69) is 0 Å². The van der Waals surface area contributed by atoms with E-state index >= 15 is 0 Å². The van der Waals surface area contributed by atoms with Gasteiger partial charge in [-0.1, -0.05) is 23.2 Å². The van der Waals surface area contributed by atoms with Gasteiger partial charge in [-0.15, -0.1) is 0 Å². The normalized spacial score (nSPS) is 15.0. The highest BCUT2D eigenvalue weighted by Gasteiger charge is 2.24. The maximum absolute atomic E-state index is 11.0. The fourth-order valence-electron chi connectivity index (χ4n) is 2.34. The number of benzene rings is 1. The molecule has 0 atom stereocenters. The SMILES string of the molecule is O=C(O)CC(CC(=O)O)c1cc(OCC2OCCO2)c(Cl)cc1Cl. The molecule has 0 spiro atoms. The van der Waals surface area contributed by atoms with Crippen LogP contribution in [0.1, 0.15) is 24.3 Å². The van der Waals surface area contributed by atoms with Crippen molar-refractivity contribution in [3.8, 4) is 5.75 Å². The molecule has 1 aromatic carbocycles. The van der Waals surface area contributed by atoms with Crippen molar-refractivity contribution in [1.29, 1.82) is 0 Å². The fraction of sp³-hybridized carbons (Fsp3) is 0.467.